The van der Waals surface area contributed by atoms with Gasteiger partial charge >= 0.3 is 0 Å². The average molecular weight is 306 g/mol. The second kappa shape index (κ2) is 7.19. The van der Waals surface area contributed by atoms with Gasteiger partial charge in [0.1, 0.15) is 10.8 Å². The summed E-state index contributed by atoms with van der Waals surface area (Å²) in [7, 11) is 3.23. The average Bonchev–Trinajstić information content (AvgIpc) is 2.79. The minimum Gasteiger partial charge on any atom is -0.497 e. The molecule has 0 unspecified atom stereocenters. The lowest BCUT2D eigenvalue weighted by atomic mass is 10.2. The van der Waals surface area contributed by atoms with Gasteiger partial charge in [-0.15, -0.1) is 11.3 Å². The highest BCUT2D eigenvalue weighted by atomic mass is 32.1. The molecule has 1 N–H and O–H groups in total. The number of ether oxygens (including phenoxy) is 2. The number of thiazole rings is 1. The summed E-state index contributed by atoms with van der Waals surface area (Å²) in [6, 6.07) is 7.28. The van der Waals surface area contributed by atoms with Crippen LogP contribution in [0.2, 0.25) is 0 Å². The summed E-state index contributed by atoms with van der Waals surface area (Å²) < 4.78 is 10.2. The first-order valence-corrected chi connectivity index (χ1v) is 7.32. The summed E-state index contributed by atoms with van der Waals surface area (Å²) in [5.74, 6) is 0.642. The molecule has 1 heterocycles. The molecular formula is C15H18N2O3S. The number of nitrogens with zero attached hydrogens (tertiary/aromatic N) is 1. The molecule has 21 heavy (non-hydrogen) atoms. The van der Waals surface area contributed by atoms with Crippen molar-refractivity contribution in [2.75, 3.05) is 19.5 Å². The molecule has 0 saturated carbocycles. The summed E-state index contributed by atoms with van der Waals surface area (Å²) in [6.07, 6.45) is 0.310. The molecule has 0 saturated heterocycles. The van der Waals surface area contributed by atoms with E-state index in [0.717, 1.165) is 21.3 Å². The van der Waals surface area contributed by atoms with Gasteiger partial charge in [-0.05, 0) is 19.1 Å². The number of carbonyl (C=O) groups excluding carboxylic acids is 1. The van der Waals surface area contributed by atoms with E-state index >= 15 is 0 Å². The lowest BCUT2D eigenvalue weighted by Crippen LogP contribution is -2.14. The Bertz CT molecular complexity index is 625. The van der Waals surface area contributed by atoms with Crippen molar-refractivity contribution in [3.8, 4) is 5.75 Å². The minimum atomic E-state index is -0.0704. The molecule has 1 aromatic heterocycles. The number of nitrogens with one attached hydrogen (secondary N) is 1. The Kier molecular flexibility index (Phi) is 5.30. The van der Waals surface area contributed by atoms with Crippen molar-refractivity contribution in [2.24, 2.45) is 0 Å². The SMILES string of the molecule is COCc1nc(C)c(CC(=O)Nc2cccc(OC)c2)s1. The Labute approximate surface area is 127 Å². The molecule has 2 aromatic rings. The summed E-state index contributed by atoms with van der Waals surface area (Å²) in [5.41, 5.74) is 1.60. The molecule has 0 radical (unpaired) electrons. The maximum absolute atomic E-state index is 12.1. The number of hydrogen-bond acceptors (Lipinski definition) is 5. The number of benzene rings is 1. The molecule has 0 aliphatic heterocycles. The third-order valence-corrected chi connectivity index (χ3v) is 4.01. The molecule has 112 valence electrons. The fourth-order valence-electron chi connectivity index (χ4n) is 1.89. The fraction of sp³-hybridized carbons (Fsp3) is 0.333. The number of rotatable bonds is 6. The highest BCUT2D eigenvalue weighted by molar-refractivity contribution is 7.11. The minimum absolute atomic E-state index is 0.0704. The smallest absolute Gasteiger partial charge is 0.229 e. The van der Waals surface area contributed by atoms with E-state index in [1.54, 1.807) is 20.3 Å². The van der Waals surface area contributed by atoms with Gasteiger partial charge in [0.05, 0.1) is 25.8 Å². The molecule has 1 amide bonds. The number of anilines is 1. The monoisotopic (exact) mass is 306 g/mol. The van der Waals surface area contributed by atoms with E-state index in [1.165, 1.54) is 11.3 Å². The number of carbonyl (C=O) groups is 1. The highest BCUT2D eigenvalue weighted by Crippen LogP contribution is 2.21. The van der Waals surface area contributed by atoms with Crippen LogP contribution < -0.4 is 10.1 Å². The standard InChI is InChI=1S/C15H18N2O3S/c1-10-13(21-15(16-10)9-19-2)8-14(18)17-11-5-4-6-12(7-11)20-3/h4-7H,8-9H2,1-3H3,(H,17,18). The van der Waals surface area contributed by atoms with Gasteiger partial charge in [0.2, 0.25) is 5.91 Å². The molecule has 5 nitrogen and oxygen atoms in total. The van der Waals surface area contributed by atoms with Crippen LogP contribution in [0.5, 0.6) is 5.75 Å². The zero-order valence-electron chi connectivity index (χ0n) is 12.3. The lowest BCUT2D eigenvalue weighted by molar-refractivity contribution is -0.115. The third-order valence-electron chi connectivity index (χ3n) is 2.88. The van der Waals surface area contributed by atoms with Gasteiger partial charge in [-0.2, -0.15) is 0 Å². The van der Waals surface area contributed by atoms with Crippen LogP contribution in [0, 0.1) is 6.92 Å². The van der Waals surface area contributed by atoms with Crippen molar-refractivity contribution in [3.05, 3.63) is 39.8 Å². The van der Waals surface area contributed by atoms with E-state index in [9.17, 15) is 4.79 Å². The molecule has 0 aliphatic carbocycles. The van der Waals surface area contributed by atoms with Gasteiger partial charge in [-0.3, -0.25) is 4.79 Å². The van der Waals surface area contributed by atoms with E-state index in [-0.39, 0.29) is 5.91 Å². The van der Waals surface area contributed by atoms with E-state index in [2.05, 4.69) is 10.3 Å². The van der Waals surface area contributed by atoms with E-state index < -0.39 is 0 Å². The first kappa shape index (κ1) is 15.5. The van der Waals surface area contributed by atoms with Crippen LogP contribution in [-0.4, -0.2) is 25.1 Å². The van der Waals surface area contributed by atoms with Crippen LogP contribution >= 0.6 is 11.3 Å². The van der Waals surface area contributed by atoms with Gasteiger partial charge in [0.25, 0.3) is 0 Å². The summed E-state index contributed by atoms with van der Waals surface area (Å²) in [5, 5.41) is 3.75. The van der Waals surface area contributed by atoms with Crippen LogP contribution in [0.15, 0.2) is 24.3 Å². The van der Waals surface area contributed by atoms with Crippen LogP contribution in [-0.2, 0) is 22.6 Å². The van der Waals surface area contributed by atoms with Crippen LogP contribution in [0.25, 0.3) is 0 Å². The quantitative estimate of drug-likeness (QED) is 0.891. The van der Waals surface area contributed by atoms with Crippen molar-refractivity contribution >= 4 is 22.9 Å². The van der Waals surface area contributed by atoms with Crippen molar-refractivity contribution in [3.63, 3.8) is 0 Å². The molecular weight excluding hydrogens is 288 g/mol. The predicted molar refractivity (Wildman–Crippen MR) is 82.9 cm³/mol. The van der Waals surface area contributed by atoms with Gasteiger partial charge in [0.15, 0.2) is 0 Å². The van der Waals surface area contributed by atoms with Crippen molar-refractivity contribution in [2.45, 2.75) is 20.0 Å². The predicted octanol–water partition coefficient (Wildman–Crippen LogP) is 2.79. The molecule has 0 fully saturated rings. The molecule has 2 rings (SSSR count). The summed E-state index contributed by atoms with van der Waals surface area (Å²) in [4.78, 5) is 17.4. The molecule has 6 heteroatoms. The molecule has 1 aromatic carbocycles. The van der Waals surface area contributed by atoms with Crippen molar-refractivity contribution in [1.82, 2.24) is 4.98 Å². The number of amides is 1. The highest BCUT2D eigenvalue weighted by Gasteiger charge is 2.12. The van der Waals surface area contributed by atoms with Gasteiger partial charge in [-0.25, -0.2) is 4.98 Å². The first-order chi connectivity index (χ1) is 10.1. The van der Waals surface area contributed by atoms with Gasteiger partial charge in [-0.1, -0.05) is 6.07 Å². The number of aromatic nitrogens is 1. The zero-order valence-corrected chi connectivity index (χ0v) is 13.1. The number of hydrogen-bond donors (Lipinski definition) is 1. The first-order valence-electron chi connectivity index (χ1n) is 6.50. The molecule has 0 aliphatic rings. The third kappa shape index (κ3) is 4.27. The molecule has 0 bridgehead atoms. The number of aryl methyl sites for hydroxylation is 1. The second-order valence-corrected chi connectivity index (χ2v) is 5.67. The Balaban J connectivity index is 2.01. The van der Waals surface area contributed by atoms with Crippen LogP contribution in [0.4, 0.5) is 5.69 Å². The zero-order chi connectivity index (χ0) is 15.2. The van der Waals surface area contributed by atoms with E-state index in [4.69, 9.17) is 9.47 Å². The van der Waals surface area contributed by atoms with E-state index in [1.807, 2.05) is 25.1 Å². The normalized spacial score (nSPS) is 10.4. The Hall–Kier alpha value is -1.92. The Morgan fingerprint density at radius 3 is 2.90 bits per heavy atom. The second-order valence-electron chi connectivity index (χ2n) is 4.51. The maximum atomic E-state index is 12.1. The van der Waals surface area contributed by atoms with Gasteiger partial charge < -0.3 is 14.8 Å². The van der Waals surface area contributed by atoms with Crippen LogP contribution in [0.1, 0.15) is 15.6 Å². The largest absolute Gasteiger partial charge is 0.497 e. The Morgan fingerprint density at radius 2 is 2.19 bits per heavy atom. The topological polar surface area (TPSA) is 60.5 Å². The Morgan fingerprint density at radius 1 is 1.38 bits per heavy atom. The lowest BCUT2D eigenvalue weighted by Gasteiger charge is -2.06. The number of methoxy groups -OCH3 is 2. The maximum Gasteiger partial charge on any atom is 0.229 e. The van der Waals surface area contributed by atoms with E-state index in [0.29, 0.717) is 18.8 Å². The van der Waals surface area contributed by atoms with Crippen molar-refractivity contribution < 1.29 is 14.3 Å². The van der Waals surface area contributed by atoms with Gasteiger partial charge in [0, 0.05) is 23.7 Å². The van der Waals surface area contributed by atoms with Crippen LogP contribution in [0.3, 0.4) is 0 Å². The van der Waals surface area contributed by atoms with Crippen molar-refractivity contribution in [1.29, 1.82) is 0 Å². The summed E-state index contributed by atoms with van der Waals surface area (Å²) in [6.45, 7) is 2.38. The molecule has 0 spiro atoms. The fourth-order valence-corrected chi connectivity index (χ4v) is 2.93. The molecule has 0 atom stereocenters. The summed E-state index contributed by atoms with van der Waals surface area (Å²) >= 11 is 1.51.